The maximum atomic E-state index is 11.2. The van der Waals surface area contributed by atoms with Gasteiger partial charge in [0.05, 0.1) is 16.0 Å². The van der Waals surface area contributed by atoms with Crippen molar-refractivity contribution in [2.45, 2.75) is 0 Å². The van der Waals surface area contributed by atoms with Crippen molar-refractivity contribution in [1.82, 2.24) is 14.1 Å². The van der Waals surface area contributed by atoms with Crippen LogP contribution in [-0.4, -0.2) is 19.0 Å². The van der Waals surface area contributed by atoms with Crippen LogP contribution in [0.15, 0.2) is 61.2 Å². The number of nitrogens with one attached hydrogen (secondary N) is 1. The molecule has 0 unspecified atom stereocenters. The van der Waals surface area contributed by atoms with Crippen molar-refractivity contribution in [2.24, 2.45) is 14.1 Å². The van der Waals surface area contributed by atoms with E-state index in [0.29, 0.717) is 0 Å². The number of hydrogen-bond acceptors (Lipinski definition) is 3. The van der Waals surface area contributed by atoms with Crippen LogP contribution in [0.2, 0.25) is 0 Å². The first-order valence-electron chi connectivity index (χ1n) is 9.19. The number of aromatic nitrogens is 3. The van der Waals surface area contributed by atoms with E-state index in [4.69, 9.17) is 5.73 Å². The smallest absolute Gasteiger partial charge is 0.271 e. The zero-order chi connectivity index (χ0) is 20.3. The zero-order valence-corrected chi connectivity index (χ0v) is 16.0. The minimum Gasteiger partial charge on any atom is -0.399 e. The zero-order valence-electron chi connectivity index (χ0n) is 16.0. The molecule has 7 nitrogen and oxygen atoms in total. The number of nitrogens with two attached hydrogens (primary N) is 1. The fourth-order valence-corrected chi connectivity index (χ4v) is 4.13. The molecule has 0 radical (unpaired) electrons. The van der Waals surface area contributed by atoms with Crippen molar-refractivity contribution < 1.29 is 4.92 Å². The number of nitro benzene ring substituents is 1. The number of benzene rings is 2. The number of fused-ring (bicyclic) bond motifs is 2. The summed E-state index contributed by atoms with van der Waals surface area (Å²) in [5.74, 6) is 0. The number of nitro groups is 1. The van der Waals surface area contributed by atoms with Gasteiger partial charge in [-0.3, -0.25) is 10.1 Å². The van der Waals surface area contributed by atoms with Crippen LogP contribution in [0.25, 0.3) is 44.1 Å². The highest BCUT2D eigenvalue weighted by Crippen LogP contribution is 2.40. The Bertz CT molecular complexity index is 1420. The quantitative estimate of drug-likeness (QED) is 0.265. The third-order valence-corrected chi connectivity index (χ3v) is 5.53. The minimum absolute atomic E-state index is 0.0891. The number of anilines is 1. The lowest BCUT2D eigenvalue weighted by atomic mass is 9.98. The molecule has 0 atom stereocenters. The molecular formula is C22H19N5O2. The van der Waals surface area contributed by atoms with Gasteiger partial charge >= 0.3 is 0 Å². The van der Waals surface area contributed by atoms with Crippen molar-refractivity contribution in [3.8, 4) is 22.3 Å². The van der Waals surface area contributed by atoms with Crippen LogP contribution in [0.4, 0.5) is 11.4 Å². The predicted octanol–water partition coefficient (Wildman–Crippen LogP) is 4.82. The molecule has 0 bridgehead atoms. The van der Waals surface area contributed by atoms with Crippen molar-refractivity contribution in [3.05, 3.63) is 71.3 Å². The van der Waals surface area contributed by atoms with Gasteiger partial charge < -0.3 is 19.9 Å². The summed E-state index contributed by atoms with van der Waals surface area (Å²) >= 11 is 0. The van der Waals surface area contributed by atoms with Crippen LogP contribution in [-0.2, 0) is 14.1 Å². The number of aryl methyl sites for hydroxylation is 2. The van der Waals surface area contributed by atoms with Gasteiger partial charge in [-0.1, -0.05) is 6.07 Å². The second-order valence-corrected chi connectivity index (χ2v) is 7.33. The lowest BCUT2D eigenvalue weighted by molar-refractivity contribution is -0.384. The first-order chi connectivity index (χ1) is 13.9. The Morgan fingerprint density at radius 1 is 0.862 bits per heavy atom. The summed E-state index contributed by atoms with van der Waals surface area (Å²) in [5, 5.41) is 13.3. The minimum atomic E-state index is -0.365. The predicted molar refractivity (Wildman–Crippen MR) is 116 cm³/mol. The Morgan fingerprint density at radius 3 is 2.00 bits per heavy atom. The van der Waals surface area contributed by atoms with E-state index in [1.807, 2.05) is 61.5 Å². The van der Waals surface area contributed by atoms with E-state index >= 15 is 0 Å². The summed E-state index contributed by atoms with van der Waals surface area (Å²) in [7, 11) is 3.91. The first-order valence-corrected chi connectivity index (χ1v) is 9.19. The first kappa shape index (κ1) is 17.1. The second-order valence-electron chi connectivity index (χ2n) is 7.33. The van der Waals surface area contributed by atoms with Crippen LogP contribution < -0.4 is 5.73 Å². The van der Waals surface area contributed by atoms with Gasteiger partial charge in [0.1, 0.15) is 0 Å². The van der Waals surface area contributed by atoms with E-state index in [9.17, 15) is 10.1 Å². The third kappa shape index (κ3) is 2.51. The molecule has 0 aliphatic heterocycles. The molecule has 3 aromatic heterocycles. The van der Waals surface area contributed by atoms with Crippen molar-refractivity contribution in [3.63, 3.8) is 0 Å². The van der Waals surface area contributed by atoms with Gasteiger partial charge in [0.15, 0.2) is 0 Å². The van der Waals surface area contributed by atoms with Crippen molar-refractivity contribution >= 4 is 33.2 Å². The summed E-state index contributed by atoms with van der Waals surface area (Å²) in [5.41, 5.74) is 12.9. The molecule has 0 aliphatic rings. The highest BCUT2D eigenvalue weighted by molar-refractivity contribution is 6.05. The van der Waals surface area contributed by atoms with Crippen LogP contribution in [0, 0.1) is 10.1 Å². The molecule has 7 heteroatoms. The van der Waals surface area contributed by atoms with E-state index in [1.165, 1.54) is 0 Å². The number of aromatic amines is 1. The van der Waals surface area contributed by atoms with Crippen LogP contribution in [0.3, 0.4) is 0 Å². The van der Waals surface area contributed by atoms with Gasteiger partial charge in [-0.05, 0) is 18.2 Å². The maximum absolute atomic E-state index is 11.2. The van der Waals surface area contributed by atoms with E-state index in [0.717, 1.165) is 49.7 Å². The largest absolute Gasteiger partial charge is 0.399 e. The number of H-pyrrole nitrogens is 1. The molecule has 0 fully saturated rings. The molecule has 0 aliphatic carbocycles. The van der Waals surface area contributed by atoms with Gasteiger partial charge in [0, 0.05) is 89.7 Å². The lowest BCUT2D eigenvalue weighted by Crippen LogP contribution is -1.89. The van der Waals surface area contributed by atoms with Crippen LogP contribution >= 0.6 is 0 Å². The maximum Gasteiger partial charge on any atom is 0.271 e. The lowest BCUT2D eigenvalue weighted by Gasteiger charge is -2.03. The summed E-state index contributed by atoms with van der Waals surface area (Å²) in [6.45, 7) is 0. The van der Waals surface area contributed by atoms with Gasteiger partial charge in [0.25, 0.3) is 5.69 Å². The molecule has 3 heterocycles. The monoisotopic (exact) mass is 385 g/mol. The Balaban J connectivity index is 1.74. The molecule has 144 valence electrons. The average Bonchev–Trinajstić information content (AvgIpc) is 3.38. The van der Waals surface area contributed by atoms with Gasteiger partial charge in [-0.2, -0.15) is 0 Å². The highest BCUT2D eigenvalue weighted by Gasteiger charge is 2.19. The highest BCUT2D eigenvalue weighted by atomic mass is 16.6. The Hall–Kier alpha value is -4.00. The summed E-state index contributed by atoms with van der Waals surface area (Å²) in [4.78, 5) is 14.0. The molecular weight excluding hydrogens is 366 g/mol. The van der Waals surface area contributed by atoms with Gasteiger partial charge in [-0.25, -0.2) is 0 Å². The molecule has 29 heavy (non-hydrogen) atoms. The molecule has 5 rings (SSSR count). The Labute approximate surface area is 166 Å². The molecule has 3 N–H and O–H groups in total. The summed E-state index contributed by atoms with van der Waals surface area (Å²) in [6, 6.07) is 10.9. The van der Waals surface area contributed by atoms with Crippen molar-refractivity contribution in [1.29, 1.82) is 0 Å². The summed E-state index contributed by atoms with van der Waals surface area (Å²) < 4.78 is 4.00. The normalized spacial score (nSPS) is 11.5. The van der Waals surface area contributed by atoms with E-state index in [2.05, 4.69) is 15.7 Å². The second kappa shape index (κ2) is 6.00. The molecule has 0 saturated carbocycles. The SMILES string of the molecule is Cn1cc(-c2c[nH]cc2-c2cn(C)c3cc([N+](=O)[O-])ccc23)c2ccc(N)cc21. The Morgan fingerprint density at radius 2 is 1.41 bits per heavy atom. The number of nitrogen functional groups attached to an aromatic ring is 1. The Kier molecular flexibility index (Phi) is 3.54. The standard InChI is InChI=1S/C22H19N5O2/c1-25-11-19(15-5-3-13(23)7-21(15)25)17-9-24-10-18(17)20-12-26(2)22-8-14(27(28)29)4-6-16(20)22/h3-12,24H,23H2,1-2H3. The number of rotatable bonds is 3. The van der Waals surface area contributed by atoms with Gasteiger partial charge in [-0.15, -0.1) is 0 Å². The number of non-ortho nitro benzene ring substituents is 1. The topological polar surface area (TPSA) is 94.8 Å². The van der Waals surface area contributed by atoms with Crippen molar-refractivity contribution in [2.75, 3.05) is 5.73 Å². The van der Waals surface area contributed by atoms with Crippen LogP contribution in [0.1, 0.15) is 0 Å². The van der Waals surface area contributed by atoms with E-state index < -0.39 is 0 Å². The summed E-state index contributed by atoms with van der Waals surface area (Å²) in [6.07, 6.45) is 8.09. The van der Waals surface area contributed by atoms with Gasteiger partial charge in [0.2, 0.25) is 0 Å². The third-order valence-electron chi connectivity index (χ3n) is 5.53. The van der Waals surface area contributed by atoms with E-state index in [1.54, 1.807) is 12.1 Å². The molecule has 2 aromatic carbocycles. The van der Waals surface area contributed by atoms with Crippen LogP contribution in [0.5, 0.6) is 0 Å². The number of hydrogen-bond donors (Lipinski definition) is 2. The molecule has 0 spiro atoms. The molecule has 0 amide bonds. The fraction of sp³-hybridized carbons (Fsp3) is 0.0909. The fourth-order valence-electron chi connectivity index (χ4n) is 4.13. The molecule has 5 aromatic rings. The average molecular weight is 385 g/mol. The number of nitrogens with zero attached hydrogens (tertiary/aromatic N) is 3. The molecule has 0 saturated heterocycles. The van der Waals surface area contributed by atoms with E-state index in [-0.39, 0.29) is 10.6 Å².